The molecule has 1 amide bonds. The molecule has 2 aromatic carbocycles. The molecular weight excluding hydrogens is 264 g/mol. The molecule has 3 aromatic rings. The molecule has 4 heteroatoms. The second-order valence-corrected chi connectivity index (χ2v) is 4.65. The minimum atomic E-state index is -0.124. The van der Waals surface area contributed by atoms with Gasteiger partial charge < -0.3 is 9.73 Å². The summed E-state index contributed by atoms with van der Waals surface area (Å²) in [5, 5.41) is 2.86. The Balaban J connectivity index is 1.74. The van der Waals surface area contributed by atoms with Gasteiger partial charge in [-0.3, -0.25) is 4.79 Å². The molecular formula is C17H14N2O2. The summed E-state index contributed by atoms with van der Waals surface area (Å²) >= 11 is 0. The van der Waals surface area contributed by atoms with Crippen LogP contribution in [0.3, 0.4) is 0 Å². The summed E-state index contributed by atoms with van der Waals surface area (Å²) in [6, 6.07) is 16.6. The van der Waals surface area contributed by atoms with E-state index in [1.165, 1.54) is 0 Å². The van der Waals surface area contributed by atoms with Gasteiger partial charge in [0.05, 0.1) is 0 Å². The van der Waals surface area contributed by atoms with Gasteiger partial charge in [0.1, 0.15) is 12.0 Å². The van der Waals surface area contributed by atoms with Gasteiger partial charge in [-0.15, -0.1) is 0 Å². The van der Waals surface area contributed by atoms with Crippen LogP contribution in [0.25, 0.3) is 11.3 Å². The van der Waals surface area contributed by atoms with Crippen LogP contribution < -0.4 is 5.32 Å². The molecule has 1 N–H and O–H groups in total. The molecule has 0 aliphatic carbocycles. The number of hydrogen-bond acceptors (Lipinski definition) is 3. The van der Waals surface area contributed by atoms with Gasteiger partial charge in [0.2, 0.25) is 0 Å². The van der Waals surface area contributed by atoms with Crippen LogP contribution in [0.2, 0.25) is 0 Å². The lowest BCUT2D eigenvalue weighted by Crippen LogP contribution is -2.11. The SMILES string of the molecule is Cc1nc(-c2ccc(NC(=O)c3ccccc3)cc2)co1. The molecule has 0 radical (unpaired) electrons. The van der Waals surface area contributed by atoms with Gasteiger partial charge in [-0.05, 0) is 24.3 Å². The molecule has 0 saturated heterocycles. The van der Waals surface area contributed by atoms with Crippen molar-refractivity contribution in [3.05, 3.63) is 72.3 Å². The van der Waals surface area contributed by atoms with E-state index >= 15 is 0 Å². The minimum absolute atomic E-state index is 0.124. The maximum atomic E-state index is 12.0. The Kier molecular flexibility index (Phi) is 3.51. The van der Waals surface area contributed by atoms with Crippen molar-refractivity contribution >= 4 is 11.6 Å². The molecule has 104 valence electrons. The highest BCUT2D eigenvalue weighted by atomic mass is 16.3. The number of hydrogen-bond donors (Lipinski definition) is 1. The van der Waals surface area contributed by atoms with Crippen molar-refractivity contribution in [2.24, 2.45) is 0 Å². The quantitative estimate of drug-likeness (QED) is 0.790. The van der Waals surface area contributed by atoms with Gasteiger partial charge in [-0.25, -0.2) is 4.98 Å². The number of aromatic nitrogens is 1. The molecule has 0 fully saturated rings. The fourth-order valence-corrected chi connectivity index (χ4v) is 2.01. The lowest BCUT2D eigenvalue weighted by molar-refractivity contribution is 0.102. The molecule has 0 unspecified atom stereocenters. The average molecular weight is 278 g/mol. The number of benzene rings is 2. The monoisotopic (exact) mass is 278 g/mol. The number of carbonyl (C=O) groups excluding carboxylic acids is 1. The topological polar surface area (TPSA) is 55.1 Å². The van der Waals surface area contributed by atoms with Gasteiger partial charge in [0, 0.05) is 23.7 Å². The average Bonchev–Trinajstić information content (AvgIpc) is 2.95. The maximum Gasteiger partial charge on any atom is 0.255 e. The van der Waals surface area contributed by atoms with Gasteiger partial charge >= 0.3 is 0 Å². The Labute approximate surface area is 122 Å². The van der Waals surface area contributed by atoms with E-state index in [1.807, 2.05) is 42.5 Å². The second-order valence-electron chi connectivity index (χ2n) is 4.65. The van der Waals surface area contributed by atoms with Gasteiger partial charge in [-0.2, -0.15) is 0 Å². The molecule has 0 atom stereocenters. The maximum absolute atomic E-state index is 12.0. The van der Waals surface area contributed by atoms with Crippen molar-refractivity contribution in [2.75, 3.05) is 5.32 Å². The Bertz CT molecular complexity index is 746. The van der Waals surface area contributed by atoms with Crippen LogP contribution in [0.5, 0.6) is 0 Å². The predicted octanol–water partition coefficient (Wildman–Crippen LogP) is 3.90. The molecule has 4 nitrogen and oxygen atoms in total. The molecule has 0 saturated carbocycles. The summed E-state index contributed by atoms with van der Waals surface area (Å²) in [5.74, 6) is 0.507. The summed E-state index contributed by atoms with van der Waals surface area (Å²) in [6.07, 6.45) is 1.62. The standard InChI is InChI=1S/C17H14N2O2/c1-12-18-16(11-21-12)13-7-9-15(10-8-13)19-17(20)14-5-3-2-4-6-14/h2-11H,1H3,(H,19,20). The van der Waals surface area contributed by atoms with Gasteiger partial charge in [0.25, 0.3) is 5.91 Å². The summed E-state index contributed by atoms with van der Waals surface area (Å²) in [5.41, 5.74) is 3.11. The minimum Gasteiger partial charge on any atom is -0.449 e. The van der Waals surface area contributed by atoms with Crippen molar-refractivity contribution in [3.63, 3.8) is 0 Å². The normalized spacial score (nSPS) is 10.3. The summed E-state index contributed by atoms with van der Waals surface area (Å²) in [6.45, 7) is 1.80. The van der Waals surface area contributed by atoms with Crippen LogP contribution in [-0.4, -0.2) is 10.9 Å². The van der Waals surface area contributed by atoms with Crippen molar-refractivity contribution in [3.8, 4) is 11.3 Å². The lowest BCUT2D eigenvalue weighted by atomic mass is 10.1. The summed E-state index contributed by atoms with van der Waals surface area (Å²) in [4.78, 5) is 16.3. The molecule has 3 rings (SSSR count). The highest BCUT2D eigenvalue weighted by Gasteiger charge is 2.06. The molecule has 1 heterocycles. The Morgan fingerprint density at radius 3 is 2.38 bits per heavy atom. The van der Waals surface area contributed by atoms with Crippen LogP contribution >= 0.6 is 0 Å². The van der Waals surface area contributed by atoms with Crippen molar-refractivity contribution in [1.29, 1.82) is 0 Å². The van der Waals surface area contributed by atoms with Crippen LogP contribution in [0, 0.1) is 6.92 Å². The number of oxazole rings is 1. The van der Waals surface area contributed by atoms with Gasteiger partial charge in [0.15, 0.2) is 5.89 Å². The lowest BCUT2D eigenvalue weighted by Gasteiger charge is -2.05. The first-order valence-electron chi connectivity index (χ1n) is 6.61. The van der Waals surface area contributed by atoms with Gasteiger partial charge in [-0.1, -0.05) is 30.3 Å². The molecule has 1 aromatic heterocycles. The molecule has 0 bridgehead atoms. The summed E-state index contributed by atoms with van der Waals surface area (Å²) in [7, 11) is 0. The van der Waals surface area contributed by atoms with Crippen molar-refractivity contribution in [1.82, 2.24) is 4.98 Å². The van der Waals surface area contributed by atoms with E-state index in [0.29, 0.717) is 11.5 Å². The number of amides is 1. The summed E-state index contributed by atoms with van der Waals surface area (Å²) < 4.78 is 5.19. The Morgan fingerprint density at radius 1 is 1.05 bits per heavy atom. The zero-order chi connectivity index (χ0) is 14.7. The van der Waals surface area contributed by atoms with E-state index in [1.54, 1.807) is 25.3 Å². The van der Waals surface area contributed by atoms with Crippen LogP contribution in [0.4, 0.5) is 5.69 Å². The fraction of sp³-hybridized carbons (Fsp3) is 0.0588. The number of rotatable bonds is 3. The second kappa shape index (κ2) is 5.63. The van der Waals surface area contributed by atoms with Crippen molar-refractivity contribution < 1.29 is 9.21 Å². The zero-order valence-corrected chi connectivity index (χ0v) is 11.5. The largest absolute Gasteiger partial charge is 0.449 e. The third kappa shape index (κ3) is 3.00. The Hall–Kier alpha value is -2.88. The molecule has 21 heavy (non-hydrogen) atoms. The zero-order valence-electron chi connectivity index (χ0n) is 11.5. The number of nitrogens with one attached hydrogen (secondary N) is 1. The number of nitrogens with zero attached hydrogens (tertiary/aromatic N) is 1. The third-order valence-corrected chi connectivity index (χ3v) is 3.09. The third-order valence-electron chi connectivity index (χ3n) is 3.09. The smallest absolute Gasteiger partial charge is 0.255 e. The first-order valence-corrected chi connectivity index (χ1v) is 6.61. The highest BCUT2D eigenvalue weighted by Crippen LogP contribution is 2.21. The van der Waals surface area contributed by atoms with E-state index in [9.17, 15) is 4.79 Å². The molecule has 0 aliphatic heterocycles. The predicted molar refractivity (Wildman–Crippen MR) is 81.1 cm³/mol. The van der Waals surface area contributed by atoms with Crippen LogP contribution in [0.1, 0.15) is 16.2 Å². The number of anilines is 1. The van der Waals surface area contributed by atoms with Crippen LogP contribution in [0.15, 0.2) is 65.3 Å². The van der Waals surface area contributed by atoms with E-state index in [0.717, 1.165) is 16.9 Å². The Morgan fingerprint density at radius 2 is 1.76 bits per heavy atom. The highest BCUT2D eigenvalue weighted by molar-refractivity contribution is 6.04. The van der Waals surface area contributed by atoms with Crippen LogP contribution in [-0.2, 0) is 0 Å². The fourth-order valence-electron chi connectivity index (χ4n) is 2.01. The van der Waals surface area contributed by atoms with E-state index in [-0.39, 0.29) is 5.91 Å². The first-order chi connectivity index (χ1) is 10.2. The van der Waals surface area contributed by atoms with E-state index in [2.05, 4.69) is 10.3 Å². The van der Waals surface area contributed by atoms with E-state index in [4.69, 9.17) is 4.42 Å². The molecule has 0 spiro atoms. The van der Waals surface area contributed by atoms with Crippen molar-refractivity contribution in [2.45, 2.75) is 6.92 Å². The van der Waals surface area contributed by atoms with E-state index < -0.39 is 0 Å². The number of carbonyl (C=O) groups is 1. The number of aryl methyl sites for hydroxylation is 1. The first kappa shape index (κ1) is 13.1. The molecule has 0 aliphatic rings.